The maximum absolute atomic E-state index is 13.7. The Kier molecular flexibility index (Phi) is 5.63. The summed E-state index contributed by atoms with van der Waals surface area (Å²) in [5.74, 6) is -0.934. The van der Waals surface area contributed by atoms with Gasteiger partial charge in [-0.15, -0.1) is 0 Å². The summed E-state index contributed by atoms with van der Waals surface area (Å²) >= 11 is 3.17. The monoisotopic (exact) mass is 403 g/mol. The van der Waals surface area contributed by atoms with Gasteiger partial charge in [-0.05, 0) is 61.1 Å². The Labute approximate surface area is 154 Å². The van der Waals surface area contributed by atoms with Crippen molar-refractivity contribution in [1.82, 2.24) is 0 Å². The lowest BCUT2D eigenvalue weighted by Gasteiger charge is -2.16. The highest BCUT2D eigenvalue weighted by Gasteiger charge is 2.14. The molecule has 0 bridgehead atoms. The maximum Gasteiger partial charge on any atom is 0.224 e. The zero-order valence-electron chi connectivity index (χ0n) is 13.8. The van der Waals surface area contributed by atoms with Crippen LogP contribution in [0.5, 0.6) is 0 Å². The van der Waals surface area contributed by atoms with Crippen molar-refractivity contribution in [1.29, 1.82) is 0 Å². The van der Waals surface area contributed by atoms with Crippen LogP contribution < -0.4 is 5.32 Å². The predicted molar refractivity (Wildman–Crippen MR) is 99.4 cm³/mol. The van der Waals surface area contributed by atoms with Gasteiger partial charge in [0, 0.05) is 22.9 Å². The minimum absolute atomic E-state index is 0.0332. The molecule has 0 aliphatic heterocycles. The molecule has 0 saturated carbocycles. The minimum atomic E-state index is -0.510. The van der Waals surface area contributed by atoms with Crippen LogP contribution in [0.2, 0.25) is 0 Å². The number of carbonyl (C=O) groups excluding carboxylic acids is 2. The number of anilines is 1. The number of carbonyl (C=O) groups is 2. The molecule has 0 heterocycles. The van der Waals surface area contributed by atoms with Gasteiger partial charge in [0.15, 0.2) is 5.78 Å². The summed E-state index contributed by atoms with van der Waals surface area (Å²) in [5, 5.41) is 2.51. The number of amides is 1. The molecule has 1 N–H and O–H groups in total. The van der Waals surface area contributed by atoms with Crippen LogP contribution in [-0.2, 0) is 17.6 Å². The van der Waals surface area contributed by atoms with E-state index in [1.807, 2.05) is 18.2 Å². The topological polar surface area (TPSA) is 46.2 Å². The highest BCUT2D eigenvalue weighted by Crippen LogP contribution is 2.23. The second-order valence-corrected chi connectivity index (χ2v) is 7.20. The largest absolute Gasteiger partial charge is 0.324 e. The first-order chi connectivity index (χ1) is 12.0. The van der Waals surface area contributed by atoms with Crippen molar-refractivity contribution in [3.63, 3.8) is 0 Å². The first-order valence-electron chi connectivity index (χ1n) is 8.43. The van der Waals surface area contributed by atoms with E-state index < -0.39 is 5.82 Å². The Morgan fingerprint density at radius 2 is 1.76 bits per heavy atom. The van der Waals surface area contributed by atoms with Crippen LogP contribution in [0.1, 0.15) is 47.2 Å². The standard InChI is InChI=1S/C20H19BrFNO2/c21-16-7-8-18(17(22)12-16)23-20(25)10-9-19(24)15-6-5-13-3-1-2-4-14(13)11-15/h5-8,11-12H,1-4,9-10H2,(H,23,25). The van der Waals surface area contributed by atoms with Crippen molar-refractivity contribution in [2.24, 2.45) is 0 Å². The number of benzene rings is 2. The molecular formula is C20H19BrFNO2. The van der Waals surface area contributed by atoms with Gasteiger partial charge in [-0.3, -0.25) is 9.59 Å². The molecule has 25 heavy (non-hydrogen) atoms. The number of Topliss-reactive ketones (excluding diaryl/α,β-unsaturated/α-hetero) is 1. The van der Waals surface area contributed by atoms with Crippen molar-refractivity contribution in [3.05, 3.63) is 63.4 Å². The number of ketones is 1. The summed E-state index contributed by atoms with van der Waals surface area (Å²) in [6.45, 7) is 0. The molecule has 3 rings (SSSR count). The van der Waals surface area contributed by atoms with Crippen molar-refractivity contribution in [2.45, 2.75) is 38.5 Å². The van der Waals surface area contributed by atoms with Crippen LogP contribution in [-0.4, -0.2) is 11.7 Å². The van der Waals surface area contributed by atoms with E-state index in [2.05, 4.69) is 21.2 Å². The van der Waals surface area contributed by atoms with Crippen molar-refractivity contribution in [2.75, 3.05) is 5.32 Å². The van der Waals surface area contributed by atoms with E-state index >= 15 is 0 Å². The predicted octanol–water partition coefficient (Wildman–Crippen LogP) is 5.07. The first kappa shape index (κ1) is 17.8. The summed E-state index contributed by atoms with van der Waals surface area (Å²) in [7, 11) is 0. The molecule has 0 spiro atoms. The Morgan fingerprint density at radius 1 is 1.00 bits per heavy atom. The minimum Gasteiger partial charge on any atom is -0.324 e. The second kappa shape index (κ2) is 7.91. The van der Waals surface area contributed by atoms with E-state index in [1.165, 1.54) is 29.7 Å². The van der Waals surface area contributed by atoms with E-state index in [-0.39, 0.29) is 30.2 Å². The molecule has 5 heteroatoms. The van der Waals surface area contributed by atoms with Crippen molar-refractivity contribution in [3.8, 4) is 0 Å². The van der Waals surface area contributed by atoms with Crippen molar-refractivity contribution >= 4 is 33.3 Å². The highest BCUT2D eigenvalue weighted by molar-refractivity contribution is 9.10. The number of rotatable bonds is 5. The molecule has 0 radical (unpaired) electrons. The fourth-order valence-electron chi connectivity index (χ4n) is 3.08. The van der Waals surface area contributed by atoms with E-state index in [1.54, 1.807) is 6.07 Å². The molecule has 0 fully saturated rings. The van der Waals surface area contributed by atoms with E-state index in [4.69, 9.17) is 0 Å². The molecule has 1 amide bonds. The zero-order valence-corrected chi connectivity index (χ0v) is 15.4. The van der Waals surface area contributed by atoms with Crippen LogP contribution in [0, 0.1) is 5.82 Å². The van der Waals surface area contributed by atoms with E-state index in [0.717, 1.165) is 19.3 Å². The SMILES string of the molecule is O=C(CCC(=O)c1ccc2c(c1)CCCC2)Nc1ccc(Br)cc1F. The van der Waals surface area contributed by atoms with Crippen molar-refractivity contribution < 1.29 is 14.0 Å². The Hall–Kier alpha value is -2.01. The third-order valence-electron chi connectivity index (χ3n) is 4.45. The number of aryl methyl sites for hydroxylation is 2. The van der Waals surface area contributed by atoms with Gasteiger partial charge in [0.1, 0.15) is 5.82 Å². The van der Waals surface area contributed by atoms with Crippen LogP contribution in [0.4, 0.5) is 10.1 Å². The molecule has 0 aromatic heterocycles. The Bertz CT molecular complexity index is 819. The maximum atomic E-state index is 13.7. The van der Waals surface area contributed by atoms with Crippen LogP contribution in [0.15, 0.2) is 40.9 Å². The molecule has 1 aliphatic rings. The zero-order chi connectivity index (χ0) is 17.8. The van der Waals surface area contributed by atoms with E-state index in [0.29, 0.717) is 10.0 Å². The fourth-order valence-corrected chi connectivity index (χ4v) is 3.41. The number of nitrogens with one attached hydrogen (secondary N) is 1. The molecule has 0 saturated heterocycles. The van der Waals surface area contributed by atoms with E-state index in [9.17, 15) is 14.0 Å². The van der Waals surface area contributed by atoms with Gasteiger partial charge in [0.25, 0.3) is 0 Å². The van der Waals surface area contributed by atoms with Crippen LogP contribution >= 0.6 is 15.9 Å². The lowest BCUT2D eigenvalue weighted by Crippen LogP contribution is -2.14. The lowest BCUT2D eigenvalue weighted by molar-refractivity contribution is -0.116. The van der Waals surface area contributed by atoms with Crippen LogP contribution in [0.25, 0.3) is 0 Å². The number of halogens is 2. The molecule has 3 nitrogen and oxygen atoms in total. The first-order valence-corrected chi connectivity index (χ1v) is 9.22. The summed E-state index contributed by atoms with van der Waals surface area (Å²) in [6, 6.07) is 10.3. The number of fused-ring (bicyclic) bond motifs is 1. The van der Waals surface area contributed by atoms with Gasteiger partial charge >= 0.3 is 0 Å². The van der Waals surface area contributed by atoms with Crippen LogP contribution in [0.3, 0.4) is 0 Å². The van der Waals surface area contributed by atoms with Gasteiger partial charge in [0.2, 0.25) is 5.91 Å². The van der Waals surface area contributed by atoms with Gasteiger partial charge < -0.3 is 5.32 Å². The quantitative estimate of drug-likeness (QED) is 0.708. The third kappa shape index (κ3) is 4.54. The molecule has 2 aromatic rings. The molecule has 130 valence electrons. The third-order valence-corrected chi connectivity index (χ3v) is 4.95. The molecule has 0 atom stereocenters. The average Bonchev–Trinajstić information content (AvgIpc) is 2.61. The number of hydrogen-bond acceptors (Lipinski definition) is 2. The Morgan fingerprint density at radius 3 is 2.52 bits per heavy atom. The average molecular weight is 404 g/mol. The van der Waals surface area contributed by atoms with Gasteiger partial charge in [-0.25, -0.2) is 4.39 Å². The normalized spacial score (nSPS) is 13.2. The smallest absolute Gasteiger partial charge is 0.224 e. The Balaban J connectivity index is 1.57. The van der Waals surface area contributed by atoms with Gasteiger partial charge in [-0.1, -0.05) is 28.1 Å². The highest BCUT2D eigenvalue weighted by atomic mass is 79.9. The molecular weight excluding hydrogens is 385 g/mol. The van der Waals surface area contributed by atoms with Gasteiger partial charge in [-0.2, -0.15) is 0 Å². The summed E-state index contributed by atoms with van der Waals surface area (Å²) in [4.78, 5) is 24.3. The number of hydrogen-bond donors (Lipinski definition) is 1. The van der Waals surface area contributed by atoms with Gasteiger partial charge in [0.05, 0.1) is 5.69 Å². The lowest BCUT2D eigenvalue weighted by atomic mass is 9.89. The summed E-state index contributed by atoms with van der Waals surface area (Å²) < 4.78 is 14.3. The fraction of sp³-hybridized carbons (Fsp3) is 0.300. The summed E-state index contributed by atoms with van der Waals surface area (Å²) in [5.41, 5.74) is 3.35. The molecule has 2 aromatic carbocycles. The summed E-state index contributed by atoms with van der Waals surface area (Å²) in [6.07, 6.45) is 4.60. The molecule has 1 aliphatic carbocycles. The second-order valence-electron chi connectivity index (χ2n) is 6.29. The molecule has 0 unspecified atom stereocenters.